The molecule has 0 heterocycles. The molecule has 0 aliphatic rings. The average molecular weight is 224 g/mol. The summed E-state index contributed by atoms with van der Waals surface area (Å²) in [5.74, 6) is 0.0571. The summed E-state index contributed by atoms with van der Waals surface area (Å²) >= 11 is 0. The monoisotopic (exact) mass is 224 g/mol. The van der Waals surface area contributed by atoms with Crippen LogP contribution >= 0.6 is 8.25 Å². The molecule has 14 heavy (non-hydrogen) atoms. The Bertz CT molecular complexity index is 341. The maximum Gasteiger partial charge on any atom is 1.00 e. The fourth-order valence-corrected chi connectivity index (χ4v) is 1.01. The second-order valence-corrected chi connectivity index (χ2v) is 2.70. The summed E-state index contributed by atoms with van der Waals surface area (Å²) in [6.45, 7) is 0. The van der Waals surface area contributed by atoms with E-state index in [-0.39, 0.29) is 41.0 Å². The Morgan fingerprint density at radius 1 is 1.29 bits per heavy atom. The molecule has 0 N–H and O–H groups in total. The molecule has 0 aliphatic carbocycles. The number of hydrogen-bond acceptors (Lipinski definition) is 5. The maximum absolute atomic E-state index is 10.2. The van der Waals surface area contributed by atoms with Crippen molar-refractivity contribution < 1.29 is 48.5 Å². The van der Waals surface area contributed by atoms with Gasteiger partial charge < -0.3 is 4.89 Å². The van der Waals surface area contributed by atoms with E-state index in [0.29, 0.717) is 0 Å². The summed E-state index contributed by atoms with van der Waals surface area (Å²) < 4.78 is 14.3. The zero-order chi connectivity index (χ0) is 9.84. The fourth-order valence-electron chi connectivity index (χ4n) is 0.715. The van der Waals surface area contributed by atoms with Crippen LogP contribution in [0.25, 0.3) is 0 Å². The first-order valence-corrected chi connectivity index (χ1v) is 4.26. The van der Waals surface area contributed by atoms with Crippen molar-refractivity contribution in [1.82, 2.24) is 0 Å². The molecule has 1 rings (SSSR count). The zero-order valence-corrected chi connectivity index (χ0v) is 10.1. The minimum atomic E-state index is -2.97. The van der Waals surface area contributed by atoms with E-state index in [9.17, 15) is 19.6 Å². The van der Waals surface area contributed by atoms with Crippen molar-refractivity contribution in [2.75, 3.05) is 0 Å². The third-order valence-electron chi connectivity index (χ3n) is 1.23. The Morgan fingerprint density at radius 3 is 2.14 bits per heavy atom. The second-order valence-electron chi connectivity index (χ2n) is 2.07. The Labute approximate surface area is 102 Å². The zero-order valence-electron chi connectivity index (χ0n) is 7.25. The standard InChI is InChI=1S/C6H4NO5P.Na/c8-7(9)5-1-3-6(4-2-5)12-13(10)11;/h1-4H;/q;+1. The molecule has 1 atom stereocenters. The SMILES string of the molecule is O=[N+]([O-])c1ccc(O[P+](=O)[O-])cc1.[Na+]. The van der Waals surface area contributed by atoms with Crippen LogP contribution in [0.1, 0.15) is 0 Å². The van der Waals surface area contributed by atoms with Crippen LogP contribution in [-0.2, 0) is 4.57 Å². The maximum atomic E-state index is 10.2. The second kappa shape index (κ2) is 6.06. The van der Waals surface area contributed by atoms with Crippen LogP contribution in [0.5, 0.6) is 5.75 Å². The van der Waals surface area contributed by atoms with E-state index >= 15 is 0 Å². The van der Waals surface area contributed by atoms with Crippen molar-refractivity contribution in [3.8, 4) is 5.75 Å². The molecule has 1 unspecified atom stereocenters. The van der Waals surface area contributed by atoms with Gasteiger partial charge in [-0.25, -0.2) is 0 Å². The van der Waals surface area contributed by atoms with Gasteiger partial charge in [0.15, 0.2) is 5.75 Å². The van der Waals surface area contributed by atoms with E-state index in [1.54, 1.807) is 0 Å². The van der Waals surface area contributed by atoms with Gasteiger partial charge in [-0.1, -0.05) is 0 Å². The Hall–Kier alpha value is -0.520. The molecule has 0 radical (unpaired) electrons. The number of non-ortho nitro benzene ring substituents is 1. The van der Waals surface area contributed by atoms with Crippen LogP contribution in [0, 0.1) is 10.1 Å². The van der Waals surface area contributed by atoms with Gasteiger partial charge in [-0.05, 0) is 16.7 Å². The van der Waals surface area contributed by atoms with Crippen molar-refractivity contribution in [2.24, 2.45) is 0 Å². The van der Waals surface area contributed by atoms with Crippen LogP contribution in [0.15, 0.2) is 24.3 Å². The van der Waals surface area contributed by atoms with Crippen molar-refractivity contribution in [1.29, 1.82) is 0 Å². The average Bonchev–Trinajstić information content (AvgIpc) is 2.04. The van der Waals surface area contributed by atoms with E-state index in [1.807, 2.05) is 0 Å². The molecule has 1 aromatic carbocycles. The quantitative estimate of drug-likeness (QED) is 0.256. The predicted octanol–water partition coefficient (Wildman–Crippen LogP) is -2.00. The minimum Gasteiger partial charge on any atom is -0.558 e. The first-order chi connectivity index (χ1) is 6.09. The topological polar surface area (TPSA) is 92.5 Å². The molecule has 0 aromatic heterocycles. The summed E-state index contributed by atoms with van der Waals surface area (Å²) in [6.07, 6.45) is 0. The van der Waals surface area contributed by atoms with Gasteiger partial charge in [0, 0.05) is 12.1 Å². The molecule has 0 bridgehead atoms. The van der Waals surface area contributed by atoms with Gasteiger partial charge in [0.2, 0.25) is 0 Å². The van der Waals surface area contributed by atoms with Crippen molar-refractivity contribution in [3.63, 3.8) is 0 Å². The van der Waals surface area contributed by atoms with Gasteiger partial charge in [0.05, 0.1) is 4.92 Å². The number of nitro benzene ring substituents is 1. The van der Waals surface area contributed by atoms with E-state index < -0.39 is 13.2 Å². The van der Waals surface area contributed by atoms with Gasteiger partial charge >= 0.3 is 37.8 Å². The van der Waals surface area contributed by atoms with E-state index in [4.69, 9.17) is 0 Å². The van der Waals surface area contributed by atoms with Crippen LogP contribution in [0.3, 0.4) is 0 Å². The molecular weight excluding hydrogens is 220 g/mol. The molecule has 1 aromatic rings. The van der Waals surface area contributed by atoms with Crippen LogP contribution < -0.4 is 39.0 Å². The molecule has 6 nitrogen and oxygen atoms in total. The van der Waals surface area contributed by atoms with Crippen molar-refractivity contribution >= 4 is 13.9 Å². The smallest absolute Gasteiger partial charge is 0.558 e. The molecule has 68 valence electrons. The van der Waals surface area contributed by atoms with Gasteiger partial charge in [-0.2, -0.15) is 0 Å². The molecule has 0 spiro atoms. The van der Waals surface area contributed by atoms with E-state index in [0.717, 1.165) is 12.1 Å². The van der Waals surface area contributed by atoms with E-state index in [1.165, 1.54) is 12.1 Å². The third-order valence-corrected chi connectivity index (χ3v) is 1.59. The summed E-state index contributed by atoms with van der Waals surface area (Å²) in [4.78, 5) is 19.7. The van der Waals surface area contributed by atoms with Gasteiger partial charge in [0.25, 0.3) is 5.69 Å². The van der Waals surface area contributed by atoms with Crippen molar-refractivity contribution in [2.45, 2.75) is 0 Å². The summed E-state index contributed by atoms with van der Waals surface area (Å²) in [5.41, 5.74) is -0.117. The number of nitro groups is 1. The normalized spacial score (nSPS) is 9.93. The van der Waals surface area contributed by atoms with Gasteiger partial charge in [-0.3, -0.25) is 14.6 Å². The first-order valence-electron chi connectivity index (χ1n) is 3.16. The molecule has 0 aliphatic heterocycles. The number of hydrogen-bond donors (Lipinski definition) is 0. The summed E-state index contributed by atoms with van der Waals surface area (Å²) in [7, 11) is -2.97. The molecule has 0 amide bonds. The minimum absolute atomic E-state index is 0. The molecule has 0 saturated heterocycles. The number of rotatable bonds is 3. The summed E-state index contributed by atoms with van der Waals surface area (Å²) in [5, 5.41) is 10.2. The molecule has 0 saturated carbocycles. The molecular formula is C6H4NNaO5P+. The van der Waals surface area contributed by atoms with Crippen molar-refractivity contribution in [3.05, 3.63) is 34.4 Å². The van der Waals surface area contributed by atoms with Gasteiger partial charge in [-0.15, -0.1) is 0 Å². The Kier molecular flexibility index (Phi) is 5.83. The fraction of sp³-hybridized carbons (Fsp3) is 0. The first kappa shape index (κ1) is 13.5. The number of benzene rings is 1. The van der Waals surface area contributed by atoms with E-state index in [2.05, 4.69) is 4.52 Å². The van der Waals surface area contributed by atoms with Crippen LogP contribution in [0.2, 0.25) is 0 Å². The van der Waals surface area contributed by atoms with Crippen LogP contribution in [-0.4, -0.2) is 4.92 Å². The molecule has 8 heteroatoms. The van der Waals surface area contributed by atoms with Crippen LogP contribution in [0.4, 0.5) is 5.69 Å². The Morgan fingerprint density at radius 2 is 1.79 bits per heavy atom. The van der Waals surface area contributed by atoms with Gasteiger partial charge in [0.1, 0.15) is 0 Å². The number of nitrogens with zero attached hydrogens (tertiary/aromatic N) is 1. The Balaban J connectivity index is 0.00000169. The summed E-state index contributed by atoms with van der Waals surface area (Å²) in [6, 6.07) is 4.74. The largest absolute Gasteiger partial charge is 1.00 e. The predicted molar refractivity (Wildman–Crippen MR) is 41.3 cm³/mol. The third kappa shape index (κ3) is 4.13. The molecule has 0 fully saturated rings.